The van der Waals surface area contributed by atoms with Crippen LogP contribution in [0, 0.1) is 5.92 Å². The molecule has 0 aromatic heterocycles. The van der Waals surface area contributed by atoms with E-state index in [4.69, 9.17) is 10.8 Å². The molecule has 0 spiro atoms. The summed E-state index contributed by atoms with van der Waals surface area (Å²) in [6.45, 7) is 1.67. The Hall–Kier alpha value is -1.84. The summed E-state index contributed by atoms with van der Waals surface area (Å²) in [7, 11) is 0. The number of carboxylic acids is 1. The third kappa shape index (κ3) is 3.00. The molecule has 1 aromatic carbocycles. The Morgan fingerprint density at radius 2 is 2.20 bits per heavy atom. The lowest BCUT2D eigenvalue weighted by atomic mass is 9.81. The second kappa shape index (κ2) is 6.07. The predicted molar refractivity (Wildman–Crippen MR) is 77.6 cm³/mol. The van der Waals surface area contributed by atoms with Gasteiger partial charge in [0.25, 0.3) is 0 Å². The maximum Gasteiger partial charge on any atom is 0.306 e. The highest BCUT2D eigenvalue weighted by molar-refractivity contribution is 5.88. The Bertz CT molecular complexity index is 524. The molecule has 1 saturated carbocycles. The monoisotopic (exact) mass is 275 g/mol. The minimum absolute atomic E-state index is 0.108. The van der Waals surface area contributed by atoms with Crippen LogP contribution in [-0.4, -0.2) is 16.9 Å². The molecule has 108 valence electrons. The number of carbonyl (C=O) groups is 2. The van der Waals surface area contributed by atoms with Crippen LogP contribution in [0.4, 0.5) is 5.69 Å². The highest BCUT2D eigenvalue weighted by atomic mass is 16.4. The van der Waals surface area contributed by atoms with Gasteiger partial charge < -0.3 is 10.8 Å². The quantitative estimate of drug-likeness (QED) is 0.828. The van der Waals surface area contributed by atoms with Gasteiger partial charge in [0.15, 0.2) is 0 Å². The van der Waals surface area contributed by atoms with Crippen molar-refractivity contribution in [2.75, 3.05) is 5.73 Å². The molecule has 1 aliphatic rings. The lowest BCUT2D eigenvalue weighted by Crippen LogP contribution is -2.19. The molecule has 4 nitrogen and oxygen atoms in total. The topological polar surface area (TPSA) is 80.4 Å². The van der Waals surface area contributed by atoms with Crippen LogP contribution in [-0.2, 0) is 16.0 Å². The van der Waals surface area contributed by atoms with E-state index < -0.39 is 11.9 Å². The molecule has 0 radical (unpaired) electrons. The molecule has 3 N–H and O–H groups in total. The van der Waals surface area contributed by atoms with Crippen molar-refractivity contribution in [1.82, 2.24) is 0 Å². The van der Waals surface area contributed by atoms with Gasteiger partial charge in [-0.15, -0.1) is 0 Å². The molecule has 1 fully saturated rings. The molecule has 0 saturated heterocycles. The van der Waals surface area contributed by atoms with Gasteiger partial charge in [-0.05, 0) is 30.4 Å². The zero-order valence-electron chi connectivity index (χ0n) is 11.8. The number of anilines is 1. The van der Waals surface area contributed by atoms with E-state index in [9.17, 15) is 9.59 Å². The van der Waals surface area contributed by atoms with Crippen LogP contribution in [0.15, 0.2) is 18.2 Å². The van der Waals surface area contributed by atoms with Gasteiger partial charge in [0.05, 0.1) is 5.92 Å². The first-order valence-electron chi connectivity index (χ1n) is 7.13. The first kappa shape index (κ1) is 14.6. The summed E-state index contributed by atoms with van der Waals surface area (Å²) >= 11 is 0. The molecular formula is C16H21NO3. The van der Waals surface area contributed by atoms with E-state index in [1.54, 1.807) is 6.92 Å². The summed E-state index contributed by atoms with van der Waals surface area (Å²) in [4.78, 5) is 23.0. The van der Waals surface area contributed by atoms with E-state index in [1.165, 1.54) is 0 Å². The van der Waals surface area contributed by atoms with Crippen molar-refractivity contribution in [2.24, 2.45) is 5.92 Å². The molecule has 1 unspecified atom stereocenters. The number of hydrogen-bond acceptors (Lipinski definition) is 3. The van der Waals surface area contributed by atoms with Gasteiger partial charge in [-0.2, -0.15) is 0 Å². The minimum Gasteiger partial charge on any atom is -0.481 e. The maximum atomic E-state index is 12.0. The Morgan fingerprint density at radius 3 is 2.85 bits per heavy atom. The average molecular weight is 275 g/mol. The fourth-order valence-electron chi connectivity index (χ4n) is 2.84. The number of hydrogen-bond donors (Lipinski definition) is 2. The van der Waals surface area contributed by atoms with Gasteiger partial charge >= 0.3 is 5.97 Å². The van der Waals surface area contributed by atoms with Crippen LogP contribution in [0.2, 0.25) is 0 Å². The SMILES string of the molecule is C[C@@H](Cc1cccc(C2CCCCC2=O)c1N)C(=O)O. The minimum atomic E-state index is -0.830. The summed E-state index contributed by atoms with van der Waals surface area (Å²) in [6, 6.07) is 5.63. The lowest BCUT2D eigenvalue weighted by Gasteiger charge is -2.23. The predicted octanol–water partition coefficient (Wildman–Crippen LogP) is 2.76. The largest absolute Gasteiger partial charge is 0.481 e. The van der Waals surface area contributed by atoms with Crippen LogP contribution < -0.4 is 5.73 Å². The molecule has 0 heterocycles. The van der Waals surface area contributed by atoms with Gasteiger partial charge in [-0.25, -0.2) is 0 Å². The number of para-hydroxylation sites is 1. The fourth-order valence-corrected chi connectivity index (χ4v) is 2.84. The summed E-state index contributed by atoms with van der Waals surface area (Å²) < 4.78 is 0. The highest BCUT2D eigenvalue weighted by Crippen LogP contribution is 2.35. The first-order chi connectivity index (χ1) is 9.50. The second-order valence-electron chi connectivity index (χ2n) is 5.63. The number of nitrogen functional groups attached to an aromatic ring is 1. The van der Waals surface area contributed by atoms with Crippen molar-refractivity contribution < 1.29 is 14.7 Å². The third-order valence-corrected chi connectivity index (χ3v) is 4.11. The number of ketones is 1. The van der Waals surface area contributed by atoms with Crippen molar-refractivity contribution in [2.45, 2.75) is 44.9 Å². The van der Waals surface area contributed by atoms with Crippen molar-refractivity contribution >= 4 is 17.4 Å². The van der Waals surface area contributed by atoms with Gasteiger partial charge in [0.2, 0.25) is 0 Å². The van der Waals surface area contributed by atoms with E-state index in [-0.39, 0.29) is 11.7 Å². The van der Waals surface area contributed by atoms with E-state index in [0.29, 0.717) is 18.5 Å². The molecule has 0 bridgehead atoms. The number of rotatable bonds is 4. The molecule has 20 heavy (non-hydrogen) atoms. The van der Waals surface area contributed by atoms with Crippen LogP contribution in [0.25, 0.3) is 0 Å². The van der Waals surface area contributed by atoms with Gasteiger partial charge in [0.1, 0.15) is 5.78 Å². The third-order valence-electron chi connectivity index (χ3n) is 4.11. The smallest absolute Gasteiger partial charge is 0.306 e. The Balaban J connectivity index is 2.27. The van der Waals surface area contributed by atoms with E-state index in [0.717, 1.165) is 30.4 Å². The molecule has 4 heteroatoms. The lowest BCUT2D eigenvalue weighted by molar-refractivity contribution is -0.141. The normalized spacial score (nSPS) is 20.6. The van der Waals surface area contributed by atoms with Crippen molar-refractivity contribution in [3.8, 4) is 0 Å². The number of carbonyl (C=O) groups excluding carboxylic acids is 1. The number of nitrogens with two attached hydrogens (primary N) is 1. The first-order valence-corrected chi connectivity index (χ1v) is 7.13. The Morgan fingerprint density at radius 1 is 1.45 bits per heavy atom. The van der Waals surface area contributed by atoms with Gasteiger partial charge in [0, 0.05) is 18.0 Å². The molecular weight excluding hydrogens is 254 g/mol. The van der Waals surface area contributed by atoms with E-state index in [1.807, 2.05) is 18.2 Å². The number of carboxylic acid groups (broad SMARTS) is 1. The van der Waals surface area contributed by atoms with Crippen molar-refractivity contribution in [1.29, 1.82) is 0 Å². The molecule has 2 rings (SSSR count). The maximum absolute atomic E-state index is 12.0. The van der Waals surface area contributed by atoms with Crippen LogP contribution >= 0.6 is 0 Å². The second-order valence-corrected chi connectivity index (χ2v) is 5.63. The number of Topliss-reactive ketones (excluding diaryl/α,β-unsaturated/α-hetero) is 1. The molecule has 0 amide bonds. The van der Waals surface area contributed by atoms with Crippen LogP contribution in [0.5, 0.6) is 0 Å². The summed E-state index contributed by atoms with van der Waals surface area (Å²) in [5, 5.41) is 9.00. The summed E-state index contributed by atoms with van der Waals surface area (Å²) in [5.41, 5.74) is 8.49. The molecule has 1 aliphatic carbocycles. The van der Waals surface area contributed by atoms with Gasteiger partial charge in [-0.1, -0.05) is 31.5 Å². The average Bonchev–Trinajstić information content (AvgIpc) is 2.42. The van der Waals surface area contributed by atoms with Crippen molar-refractivity contribution in [3.05, 3.63) is 29.3 Å². The van der Waals surface area contributed by atoms with E-state index in [2.05, 4.69) is 0 Å². The molecule has 0 aliphatic heterocycles. The number of aliphatic carboxylic acids is 1. The fraction of sp³-hybridized carbons (Fsp3) is 0.500. The van der Waals surface area contributed by atoms with E-state index >= 15 is 0 Å². The Labute approximate surface area is 119 Å². The standard InChI is InChI=1S/C16H21NO3/c1-10(16(19)20)9-11-5-4-7-13(15(11)17)12-6-2-3-8-14(12)18/h4-5,7,10,12H,2-3,6,8-9,17H2,1H3,(H,19,20)/t10-,12?/m0/s1. The zero-order valence-corrected chi connectivity index (χ0v) is 11.8. The van der Waals surface area contributed by atoms with Gasteiger partial charge in [-0.3, -0.25) is 9.59 Å². The van der Waals surface area contributed by atoms with Crippen molar-refractivity contribution in [3.63, 3.8) is 0 Å². The zero-order chi connectivity index (χ0) is 14.7. The Kier molecular flexibility index (Phi) is 4.42. The summed E-state index contributed by atoms with van der Waals surface area (Å²) in [6.07, 6.45) is 3.88. The molecule has 2 atom stereocenters. The molecule has 1 aromatic rings. The number of benzene rings is 1. The summed E-state index contributed by atoms with van der Waals surface area (Å²) in [5.74, 6) is -1.16. The highest BCUT2D eigenvalue weighted by Gasteiger charge is 2.26. The van der Waals surface area contributed by atoms with Crippen LogP contribution in [0.3, 0.4) is 0 Å². The van der Waals surface area contributed by atoms with Crippen LogP contribution in [0.1, 0.15) is 49.7 Å².